The van der Waals surface area contributed by atoms with E-state index < -0.39 is 0 Å². The van der Waals surface area contributed by atoms with Crippen LogP contribution in [0.25, 0.3) is 10.9 Å². The van der Waals surface area contributed by atoms with Crippen LogP contribution in [-0.2, 0) is 6.42 Å². The molecule has 1 fully saturated rings. The molecule has 1 aromatic carbocycles. The molecule has 1 saturated carbocycles. The summed E-state index contributed by atoms with van der Waals surface area (Å²) >= 11 is 6.31. The van der Waals surface area contributed by atoms with E-state index in [2.05, 4.69) is 24.0 Å². The normalized spacial score (nSPS) is 17.6. The third kappa shape index (κ3) is 2.20. The number of nitrogens with one attached hydrogen (secondary N) is 1. The lowest BCUT2D eigenvalue weighted by Crippen LogP contribution is -2.22. The van der Waals surface area contributed by atoms with Gasteiger partial charge in [0.25, 0.3) is 0 Å². The van der Waals surface area contributed by atoms with Crippen molar-refractivity contribution < 1.29 is 0 Å². The molecule has 0 unspecified atom stereocenters. The molecule has 90 valence electrons. The van der Waals surface area contributed by atoms with Crippen LogP contribution in [0.2, 0.25) is 5.02 Å². The highest BCUT2D eigenvalue weighted by atomic mass is 35.5. The third-order valence-corrected chi connectivity index (χ3v) is 4.06. The largest absolute Gasteiger partial charge is 0.359 e. The molecule has 0 saturated heterocycles. The second-order valence-electron chi connectivity index (χ2n) is 5.35. The number of fused-ring (bicyclic) bond motifs is 1. The highest BCUT2D eigenvalue weighted by molar-refractivity contribution is 6.32. The topological polar surface area (TPSA) is 41.8 Å². The van der Waals surface area contributed by atoms with Gasteiger partial charge in [0.2, 0.25) is 0 Å². The third-order valence-electron chi connectivity index (χ3n) is 3.71. The second kappa shape index (κ2) is 3.76. The summed E-state index contributed by atoms with van der Waals surface area (Å²) in [6.07, 6.45) is 4.34. The molecule has 17 heavy (non-hydrogen) atoms. The SMILES string of the molecule is Cc1cc2cc(Cl)c(CCC3(N)CC3)cc2[nH]1. The Labute approximate surface area is 106 Å². The van der Waals surface area contributed by atoms with E-state index in [-0.39, 0.29) is 5.54 Å². The van der Waals surface area contributed by atoms with E-state index in [0.29, 0.717) is 0 Å². The minimum Gasteiger partial charge on any atom is -0.359 e. The van der Waals surface area contributed by atoms with Gasteiger partial charge in [0.05, 0.1) is 0 Å². The average Bonchev–Trinajstić information content (AvgIpc) is 2.88. The lowest BCUT2D eigenvalue weighted by atomic mass is 10.0. The van der Waals surface area contributed by atoms with Gasteiger partial charge in [-0.1, -0.05) is 11.6 Å². The fourth-order valence-electron chi connectivity index (χ4n) is 2.33. The maximum Gasteiger partial charge on any atom is 0.0459 e. The van der Waals surface area contributed by atoms with E-state index in [9.17, 15) is 0 Å². The summed E-state index contributed by atoms with van der Waals surface area (Å²) in [6, 6.07) is 6.33. The van der Waals surface area contributed by atoms with Crippen LogP contribution in [0.3, 0.4) is 0 Å². The molecule has 1 aliphatic rings. The first-order chi connectivity index (χ1) is 8.06. The standard InChI is InChI=1S/C14H17ClN2/c1-9-6-11-7-12(15)10(8-13(11)17-9)2-3-14(16)4-5-14/h6-8,17H,2-5,16H2,1H3. The molecule has 1 aromatic heterocycles. The van der Waals surface area contributed by atoms with Gasteiger partial charge in [-0.3, -0.25) is 0 Å². The molecule has 0 aliphatic heterocycles. The predicted molar refractivity (Wildman–Crippen MR) is 72.5 cm³/mol. The monoisotopic (exact) mass is 248 g/mol. The minimum atomic E-state index is 0.101. The zero-order chi connectivity index (χ0) is 12.0. The van der Waals surface area contributed by atoms with Gasteiger partial charge in [0.15, 0.2) is 0 Å². The summed E-state index contributed by atoms with van der Waals surface area (Å²) in [5.41, 5.74) is 9.76. The first-order valence-electron chi connectivity index (χ1n) is 6.12. The number of halogens is 1. The summed E-state index contributed by atoms with van der Waals surface area (Å²) in [7, 11) is 0. The number of hydrogen-bond acceptors (Lipinski definition) is 1. The fourth-order valence-corrected chi connectivity index (χ4v) is 2.60. The Morgan fingerprint density at radius 1 is 1.35 bits per heavy atom. The number of nitrogens with two attached hydrogens (primary N) is 1. The first kappa shape index (κ1) is 11.1. The molecular formula is C14H17ClN2. The minimum absolute atomic E-state index is 0.101. The van der Waals surface area contributed by atoms with Crippen molar-refractivity contribution in [3.05, 3.63) is 34.5 Å². The van der Waals surface area contributed by atoms with Crippen molar-refractivity contribution in [2.75, 3.05) is 0 Å². The van der Waals surface area contributed by atoms with Crippen molar-refractivity contribution >= 4 is 22.5 Å². The number of rotatable bonds is 3. The van der Waals surface area contributed by atoms with Gasteiger partial charge >= 0.3 is 0 Å². The first-order valence-corrected chi connectivity index (χ1v) is 6.50. The molecule has 0 radical (unpaired) electrons. The average molecular weight is 249 g/mol. The van der Waals surface area contributed by atoms with Crippen LogP contribution >= 0.6 is 11.6 Å². The van der Waals surface area contributed by atoms with Gasteiger partial charge in [0, 0.05) is 27.2 Å². The molecule has 0 bridgehead atoms. The van der Waals surface area contributed by atoms with Crippen LogP contribution in [0, 0.1) is 6.92 Å². The second-order valence-corrected chi connectivity index (χ2v) is 5.75. The van der Waals surface area contributed by atoms with Crippen molar-refractivity contribution in [1.82, 2.24) is 4.98 Å². The fraction of sp³-hybridized carbons (Fsp3) is 0.429. The van der Waals surface area contributed by atoms with Gasteiger partial charge < -0.3 is 10.7 Å². The number of benzene rings is 1. The van der Waals surface area contributed by atoms with E-state index in [0.717, 1.165) is 30.7 Å². The summed E-state index contributed by atoms with van der Waals surface area (Å²) in [5.74, 6) is 0. The van der Waals surface area contributed by atoms with Crippen LogP contribution < -0.4 is 5.73 Å². The number of aromatic nitrogens is 1. The van der Waals surface area contributed by atoms with Crippen LogP contribution in [-0.4, -0.2) is 10.5 Å². The zero-order valence-corrected chi connectivity index (χ0v) is 10.8. The van der Waals surface area contributed by atoms with Crippen molar-refractivity contribution in [2.45, 2.75) is 38.1 Å². The Balaban J connectivity index is 1.89. The lowest BCUT2D eigenvalue weighted by molar-refractivity contribution is 0.609. The molecule has 3 rings (SSSR count). The Morgan fingerprint density at radius 2 is 2.12 bits per heavy atom. The van der Waals surface area contributed by atoms with E-state index in [1.807, 2.05) is 6.07 Å². The number of H-pyrrole nitrogens is 1. The molecule has 2 nitrogen and oxygen atoms in total. The molecule has 1 aliphatic carbocycles. The molecule has 0 spiro atoms. The highest BCUT2D eigenvalue weighted by Gasteiger charge is 2.37. The number of hydrogen-bond donors (Lipinski definition) is 2. The van der Waals surface area contributed by atoms with E-state index >= 15 is 0 Å². The summed E-state index contributed by atoms with van der Waals surface area (Å²) in [4.78, 5) is 3.35. The Bertz CT molecular complexity index is 567. The van der Waals surface area contributed by atoms with Crippen molar-refractivity contribution in [1.29, 1.82) is 0 Å². The van der Waals surface area contributed by atoms with Crippen LogP contribution in [0.5, 0.6) is 0 Å². The van der Waals surface area contributed by atoms with E-state index in [4.69, 9.17) is 17.3 Å². The zero-order valence-electron chi connectivity index (χ0n) is 10.0. The lowest BCUT2D eigenvalue weighted by Gasteiger charge is -2.09. The van der Waals surface area contributed by atoms with Crippen LogP contribution in [0.1, 0.15) is 30.5 Å². The smallest absolute Gasteiger partial charge is 0.0459 e. The molecular weight excluding hydrogens is 232 g/mol. The Kier molecular flexibility index (Phi) is 2.46. The summed E-state index contributed by atoms with van der Waals surface area (Å²) in [6.45, 7) is 2.06. The van der Waals surface area contributed by atoms with Crippen molar-refractivity contribution in [3.63, 3.8) is 0 Å². The van der Waals surface area contributed by atoms with Crippen molar-refractivity contribution in [2.24, 2.45) is 5.73 Å². The van der Waals surface area contributed by atoms with E-state index in [1.54, 1.807) is 0 Å². The van der Waals surface area contributed by atoms with Gasteiger partial charge in [0.1, 0.15) is 0 Å². The molecule has 0 atom stereocenters. The molecule has 3 heteroatoms. The summed E-state index contributed by atoms with van der Waals surface area (Å²) < 4.78 is 0. The predicted octanol–water partition coefficient (Wildman–Crippen LogP) is 3.55. The van der Waals surface area contributed by atoms with Crippen molar-refractivity contribution in [3.8, 4) is 0 Å². The van der Waals surface area contributed by atoms with Gasteiger partial charge in [-0.05, 0) is 56.4 Å². The van der Waals surface area contributed by atoms with Gasteiger partial charge in [-0.15, -0.1) is 0 Å². The van der Waals surface area contributed by atoms with Gasteiger partial charge in [-0.2, -0.15) is 0 Å². The van der Waals surface area contributed by atoms with Gasteiger partial charge in [-0.25, -0.2) is 0 Å². The van der Waals surface area contributed by atoms with E-state index in [1.165, 1.54) is 22.2 Å². The number of aromatic amines is 1. The maximum absolute atomic E-state index is 6.31. The molecule has 3 N–H and O–H groups in total. The highest BCUT2D eigenvalue weighted by Crippen LogP contribution is 2.37. The molecule has 1 heterocycles. The van der Waals surface area contributed by atoms with Crippen LogP contribution in [0.4, 0.5) is 0 Å². The molecule has 0 amide bonds. The summed E-state index contributed by atoms with van der Waals surface area (Å²) in [5, 5.41) is 2.05. The Morgan fingerprint density at radius 3 is 2.82 bits per heavy atom. The number of aryl methyl sites for hydroxylation is 2. The Hall–Kier alpha value is -0.990. The molecule has 2 aromatic rings. The quantitative estimate of drug-likeness (QED) is 0.857. The maximum atomic E-state index is 6.31. The van der Waals surface area contributed by atoms with Crippen LogP contribution in [0.15, 0.2) is 18.2 Å².